The van der Waals surface area contributed by atoms with Gasteiger partial charge >= 0.3 is 5.97 Å². The maximum Gasteiger partial charge on any atom is 0.320 e. The highest BCUT2D eigenvalue weighted by Crippen LogP contribution is 2.30. The Morgan fingerprint density at radius 2 is 2.25 bits per heavy atom. The van der Waals surface area contributed by atoms with E-state index in [0.717, 1.165) is 9.13 Å². The second-order valence-corrected chi connectivity index (χ2v) is 4.43. The normalized spacial score (nSPS) is 12.2. The number of carboxylic acids is 1. The summed E-state index contributed by atoms with van der Waals surface area (Å²) >= 11 is 2.01. The summed E-state index contributed by atoms with van der Waals surface area (Å²) in [6.07, 6.45) is 0.199. The minimum Gasteiger partial charge on any atom is -0.504 e. The van der Waals surface area contributed by atoms with Crippen molar-refractivity contribution in [3.05, 3.63) is 21.3 Å². The van der Waals surface area contributed by atoms with Crippen LogP contribution in [0.1, 0.15) is 5.56 Å². The van der Waals surface area contributed by atoms with Gasteiger partial charge in [0.25, 0.3) is 0 Å². The number of rotatable bonds is 4. The third kappa shape index (κ3) is 2.99. The highest BCUT2D eigenvalue weighted by atomic mass is 123. The molecule has 0 radical (unpaired) electrons. The van der Waals surface area contributed by atoms with E-state index in [2.05, 4.69) is 0 Å². The van der Waals surface area contributed by atoms with E-state index in [-0.39, 0.29) is 12.2 Å². The van der Waals surface area contributed by atoms with Gasteiger partial charge in [-0.1, -0.05) is 0 Å². The number of phenols is 1. The molecule has 16 heavy (non-hydrogen) atoms. The molecule has 0 aliphatic carbocycles. The summed E-state index contributed by atoms with van der Waals surface area (Å²) in [6.45, 7) is 0. The zero-order chi connectivity index (χ0) is 12.3. The standard InChI is InChI=1S/C10H12INO4/c1-16-9-3-5(2-7(12)10(14)15)6(11)4-8(9)13/h3-4,7,13H,2,12H2,1H3,(H,14,15)/t7-/m0/s1/i11-4. The van der Waals surface area contributed by atoms with Crippen LogP contribution in [0.3, 0.4) is 0 Å². The molecule has 0 unspecified atom stereocenters. The van der Waals surface area contributed by atoms with Gasteiger partial charge in [-0.25, -0.2) is 0 Å². The molecule has 88 valence electrons. The molecule has 6 heteroatoms. The van der Waals surface area contributed by atoms with Crippen LogP contribution in [0.25, 0.3) is 0 Å². The van der Waals surface area contributed by atoms with Gasteiger partial charge in [-0.05, 0) is 46.7 Å². The number of benzene rings is 1. The summed E-state index contributed by atoms with van der Waals surface area (Å²) < 4.78 is 5.70. The quantitative estimate of drug-likeness (QED) is 0.714. The van der Waals surface area contributed by atoms with Crippen molar-refractivity contribution < 1.29 is 19.7 Å². The van der Waals surface area contributed by atoms with Crippen LogP contribution in [0, 0.1) is 3.57 Å². The molecular weight excluding hydrogens is 321 g/mol. The first-order valence-electron chi connectivity index (χ1n) is 4.49. The zero-order valence-corrected chi connectivity index (χ0v) is 10.8. The van der Waals surface area contributed by atoms with Crippen molar-refractivity contribution >= 4 is 28.6 Å². The van der Waals surface area contributed by atoms with Crippen LogP contribution in [0.4, 0.5) is 0 Å². The summed E-state index contributed by atoms with van der Waals surface area (Å²) in [6, 6.07) is 2.16. The molecule has 1 rings (SSSR count). The molecule has 0 aliphatic heterocycles. The molecule has 0 bridgehead atoms. The van der Waals surface area contributed by atoms with E-state index in [9.17, 15) is 9.90 Å². The Morgan fingerprint density at radius 1 is 1.62 bits per heavy atom. The van der Waals surface area contributed by atoms with Gasteiger partial charge in [-0.2, -0.15) is 0 Å². The number of hydrogen-bond acceptors (Lipinski definition) is 4. The van der Waals surface area contributed by atoms with Crippen LogP contribution >= 0.6 is 22.6 Å². The number of halogens is 1. The van der Waals surface area contributed by atoms with E-state index < -0.39 is 12.0 Å². The topological polar surface area (TPSA) is 92.8 Å². The van der Waals surface area contributed by atoms with Crippen molar-refractivity contribution in [2.75, 3.05) is 7.11 Å². The van der Waals surface area contributed by atoms with Gasteiger partial charge < -0.3 is 20.7 Å². The summed E-state index contributed by atoms with van der Waals surface area (Å²) in [7, 11) is 1.43. The molecule has 0 heterocycles. The molecule has 0 amide bonds. The molecule has 0 aliphatic rings. The second kappa shape index (κ2) is 5.35. The van der Waals surface area contributed by atoms with Crippen molar-refractivity contribution in [2.24, 2.45) is 5.73 Å². The Hall–Kier alpha value is -1.02. The van der Waals surface area contributed by atoms with Crippen LogP contribution < -0.4 is 10.5 Å². The van der Waals surface area contributed by atoms with Crippen molar-refractivity contribution in [1.29, 1.82) is 0 Å². The molecule has 0 saturated heterocycles. The van der Waals surface area contributed by atoms with Crippen LogP contribution in [-0.2, 0) is 11.2 Å². The number of carboxylic acid groups (broad SMARTS) is 1. The number of phenolic OH excluding ortho intramolecular Hbond substituents is 1. The van der Waals surface area contributed by atoms with E-state index in [1.54, 1.807) is 6.07 Å². The monoisotopic (exact) mass is 333 g/mol. The number of aromatic hydroxyl groups is 1. The molecule has 1 atom stereocenters. The third-order valence-electron chi connectivity index (χ3n) is 2.10. The van der Waals surface area contributed by atoms with E-state index in [1.807, 2.05) is 22.6 Å². The van der Waals surface area contributed by atoms with Gasteiger partial charge in [0.2, 0.25) is 0 Å². The summed E-state index contributed by atoms with van der Waals surface area (Å²) in [5, 5.41) is 18.2. The van der Waals surface area contributed by atoms with Gasteiger partial charge in [-0.3, -0.25) is 4.79 Å². The Bertz CT molecular complexity index is 408. The molecule has 1 aromatic carbocycles. The molecule has 0 spiro atoms. The average molecular weight is 333 g/mol. The first-order chi connectivity index (χ1) is 7.45. The van der Waals surface area contributed by atoms with Gasteiger partial charge in [-0.15, -0.1) is 0 Å². The predicted molar refractivity (Wildman–Crippen MR) is 66.7 cm³/mol. The summed E-state index contributed by atoms with van der Waals surface area (Å²) in [5.74, 6) is -0.713. The van der Waals surface area contributed by atoms with Crippen molar-refractivity contribution in [3.63, 3.8) is 0 Å². The molecule has 4 N–H and O–H groups in total. The van der Waals surface area contributed by atoms with Crippen LogP contribution in [0.5, 0.6) is 11.5 Å². The second-order valence-electron chi connectivity index (χ2n) is 3.26. The lowest BCUT2D eigenvalue weighted by molar-refractivity contribution is -0.138. The Labute approximate surface area is 106 Å². The number of nitrogens with two attached hydrogens (primary N) is 1. The van der Waals surface area contributed by atoms with Gasteiger partial charge in [0.05, 0.1) is 7.11 Å². The lowest BCUT2D eigenvalue weighted by Crippen LogP contribution is -2.32. The lowest BCUT2D eigenvalue weighted by Gasteiger charge is -2.11. The largest absolute Gasteiger partial charge is 0.504 e. The molecule has 0 fully saturated rings. The number of carbonyl (C=O) groups is 1. The molecule has 0 aromatic heterocycles. The average Bonchev–Trinajstić information content (AvgIpc) is 2.21. The highest BCUT2D eigenvalue weighted by molar-refractivity contribution is 14.1. The number of ether oxygens (including phenoxy) is 1. The van der Waals surface area contributed by atoms with Crippen LogP contribution in [-0.4, -0.2) is 29.3 Å². The van der Waals surface area contributed by atoms with Gasteiger partial charge in [0, 0.05) is 3.57 Å². The third-order valence-corrected chi connectivity index (χ3v) is 3.11. The molecular formula is C10H12INO4. The summed E-state index contributed by atoms with van der Waals surface area (Å²) in [5.41, 5.74) is 6.18. The minimum atomic E-state index is -1.05. The van der Waals surface area contributed by atoms with E-state index in [0.29, 0.717) is 5.75 Å². The molecule has 1 aromatic rings. The fraction of sp³-hybridized carbons (Fsp3) is 0.300. The maximum absolute atomic E-state index is 10.6. The smallest absolute Gasteiger partial charge is 0.320 e. The van der Waals surface area contributed by atoms with E-state index in [1.165, 1.54) is 13.2 Å². The van der Waals surface area contributed by atoms with Gasteiger partial charge in [0.1, 0.15) is 6.04 Å². The van der Waals surface area contributed by atoms with Crippen molar-refractivity contribution in [1.82, 2.24) is 0 Å². The highest BCUT2D eigenvalue weighted by Gasteiger charge is 2.16. The zero-order valence-electron chi connectivity index (χ0n) is 8.61. The van der Waals surface area contributed by atoms with Crippen molar-refractivity contribution in [3.8, 4) is 11.5 Å². The van der Waals surface area contributed by atoms with E-state index in [4.69, 9.17) is 15.6 Å². The number of hydrogen-bond donors (Lipinski definition) is 3. The predicted octanol–water partition coefficient (Wildman–Crippen LogP) is 0.960. The fourth-order valence-corrected chi connectivity index (χ4v) is 1.90. The molecule has 5 nitrogen and oxygen atoms in total. The lowest BCUT2D eigenvalue weighted by atomic mass is 10.1. The Kier molecular flexibility index (Phi) is 4.36. The first kappa shape index (κ1) is 13.0. The van der Waals surface area contributed by atoms with E-state index >= 15 is 0 Å². The Balaban J connectivity index is 3.00. The molecule has 0 saturated carbocycles. The summed E-state index contributed by atoms with van der Waals surface area (Å²) in [4.78, 5) is 10.6. The van der Waals surface area contributed by atoms with Crippen molar-refractivity contribution in [2.45, 2.75) is 12.5 Å². The van der Waals surface area contributed by atoms with Crippen LogP contribution in [0.2, 0.25) is 0 Å². The maximum atomic E-state index is 10.6. The minimum absolute atomic E-state index is 0.0274. The SMILES string of the molecule is COc1cc(C[C@H](N)C(=O)O)c([123I])cc1O. The first-order valence-corrected chi connectivity index (χ1v) is 5.57. The van der Waals surface area contributed by atoms with Gasteiger partial charge in [0.15, 0.2) is 11.5 Å². The fourth-order valence-electron chi connectivity index (χ4n) is 1.23. The Morgan fingerprint density at radius 3 is 2.75 bits per heavy atom. The number of aliphatic carboxylic acids is 1. The van der Waals surface area contributed by atoms with Crippen LogP contribution in [0.15, 0.2) is 12.1 Å². The number of methoxy groups -OCH3 is 1.